The Morgan fingerprint density at radius 3 is 2.42 bits per heavy atom. The van der Waals surface area contributed by atoms with E-state index in [1.165, 1.54) is 13.5 Å². The zero-order valence-corrected chi connectivity index (χ0v) is 19.0. The average Bonchev–Trinajstić information content (AvgIpc) is 3.18. The minimum Gasteiger partial charge on any atom is -0.467 e. The highest BCUT2D eigenvalue weighted by molar-refractivity contribution is 6.07. The molecule has 33 heavy (non-hydrogen) atoms. The van der Waals surface area contributed by atoms with Gasteiger partial charge in [-0.2, -0.15) is 0 Å². The largest absolute Gasteiger partial charge is 0.467 e. The molecule has 3 aromatic rings. The number of para-hydroxylation sites is 1. The van der Waals surface area contributed by atoms with E-state index in [0.29, 0.717) is 17.5 Å². The van der Waals surface area contributed by atoms with Crippen molar-refractivity contribution in [3.63, 3.8) is 0 Å². The second-order valence-corrected chi connectivity index (χ2v) is 10.3. The lowest BCUT2D eigenvalue weighted by Gasteiger charge is -2.53. The number of carbonyl (C=O) groups excluding carboxylic acids is 2. The maximum absolute atomic E-state index is 13.1. The van der Waals surface area contributed by atoms with Gasteiger partial charge < -0.3 is 19.8 Å². The molecule has 2 N–H and O–H groups in total. The van der Waals surface area contributed by atoms with E-state index in [1.807, 2.05) is 30.3 Å². The van der Waals surface area contributed by atoms with Gasteiger partial charge in [-0.25, -0.2) is 9.59 Å². The van der Waals surface area contributed by atoms with Crippen LogP contribution in [0.25, 0.3) is 21.8 Å². The number of rotatable bonds is 4. The molecule has 0 saturated heterocycles. The molecule has 172 valence electrons. The Labute approximate surface area is 192 Å². The number of ether oxygens (including phenoxy) is 2. The Morgan fingerprint density at radius 1 is 1.03 bits per heavy atom. The van der Waals surface area contributed by atoms with Gasteiger partial charge in [-0.3, -0.25) is 4.98 Å². The summed E-state index contributed by atoms with van der Waals surface area (Å²) in [5, 5.41) is 4.78. The van der Waals surface area contributed by atoms with Crippen molar-refractivity contribution in [1.29, 1.82) is 0 Å². The first-order valence-electron chi connectivity index (χ1n) is 11.9. The van der Waals surface area contributed by atoms with E-state index < -0.39 is 17.6 Å². The summed E-state index contributed by atoms with van der Waals surface area (Å²) in [4.78, 5) is 33.8. The first-order valence-corrected chi connectivity index (χ1v) is 11.9. The second kappa shape index (κ2) is 7.47. The van der Waals surface area contributed by atoms with Crippen molar-refractivity contribution in [2.24, 2.45) is 23.7 Å². The van der Waals surface area contributed by atoms with Gasteiger partial charge in [0.2, 0.25) is 0 Å². The summed E-state index contributed by atoms with van der Waals surface area (Å²) in [5.41, 5.74) is 0.794. The van der Waals surface area contributed by atoms with Crippen LogP contribution in [0, 0.1) is 23.7 Å². The van der Waals surface area contributed by atoms with Gasteiger partial charge in [0.15, 0.2) is 5.54 Å². The van der Waals surface area contributed by atoms with E-state index in [9.17, 15) is 9.59 Å². The SMILES string of the molecule is COC(=O)C(C)(NC(=O)OC1C2CC3CC(C2)CC1C3)c1cc2c(cn1)[nH]c1ccccc12. The van der Waals surface area contributed by atoms with Crippen LogP contribution in [-0.4, -0.2) is 35.2 Å². The first-order chi connectivity index (χ1) is 15.9. The normalized spacial score (nSPS) is 29.7. The summed E-state index contributed by atoms with van der Waals surface area (Å²) in [7, 11) is 1.32. The number of benzene rings is 1. The predicted octanol–water partition coefficient (Wildman–Crippen LogP) is 4.66. The molecule has 4 aliphatic rings. The van der Waals surface area contributed by atoms with Crippen LogP contribution in [0.5, 0.6) is 0 Å². The molecule has 1 atom stereocenters. The number of aromatic amines is 1. The summed E-state index contributed by atoms with van der Waals surface area (Å²) in [5.74, 6) is 1.89. The molecule has 4 fully saturated rings. The maximum atomic E-state index is 13.1. The number of nitrogens with one attached hydrogen (secondary N) is 2. The summed E-state index contributed by atoms with van der Waals surface area (Å²) < 4.78 is 11.1. The summed E-state index contributed by atoms with van der Waals surface area (Å²) in [6.45, 7) is 1.62. The topological polar surface area (TPSA) is 93.3 Å². The predicted molar refractivity (Wildman–Crippen MR) is 123 cm³/mol. The number of carbonyl (C=O) groups is 2. The fourth-order valence-electron chi connectivity index (χ4n) is 6.87. The van der Waals surface area contributed by atoms with Crippen LogP contribution < -0.4 is 5.32 Å². The van der Waals surface area contributed by atoms with E-state index in [2.05, 4.69) is 15.3 Å². The number of pyridine rings is 1. The molecule has 4 bridgehead atoms. The van der Waals surface area contributed by atoms with E-state index in [1.54, 1.807) is 13.1 Å². The average molecular weight is 448 g/mol. The molecule has 1 aromatic carbocycles. The first kappa shape index (κ1) is 20.5. The third kappa shape index (κ3) is 3.28. The molecule has 2 aromatic heterocycles. The molecule has 7 nitrogen and oxygen atoms in total. The molecular formula is C26H29N3O4. The minimum absolute atomic E-state index is 0.0660. The van der Waals surface area contributed by atoms with Gasteiger partial charge in [0.05, 0.1) is 24.5 Å². The highest BCUT2D eigenvalue weighted by Crippen LogP contribution is 2.54. The van der Waals surface area contributed by atoms with Crippen molar-refractivity contribution in [3.8, 4) is 0 Å². The van der Waals surface area contributed by atoms with Crippen LogP contribution in [-0.2, 0) is 19.8 Å². The van der Waals surface area contributed by atoms with Gasteiger partial charge in [-0.15, -0.1) is 0 Å². The number of methoxy groups -OCH3 is 1. The van der Waals surface area contributed by atoms with Crippen molar-refractivity contribution in [2.45, 2.75) is 50.7 Å². The lowest BCUT2D eigenvalue weighted by atomic mass is 9.55. The number of esters is 1. The fourth-order valence-corrected chi connectivity index (χ4v) is 6.87. The lowest BCUT2D eigenvalue weighted by molar-refractivity contribution is -0.148. The van der Waals surface area contributed by atoms with Crippen molar-refractivity contribution >= 4 is 33.9 Å². The third-order valence-corrected chi connectivity index (χ3v) is 8.23. The quantitative estimate of drug-likeness (QED) is 0.568. The molecule has 0 radical (unpaired) electrons. The highest BCUT2D eigenvalue weighted by Gasteiger charge is 2.50. The van der Waals surface area contributed by atoms with Crippen LogP contribution in [0.1, 0.15) is 44.7 Å². The Bertz CT molecular complexity index is 1220. The second-order valence-electron chi connectivity index (χ2n) is 10.3. The fraction of sp³-hybridized carbons (Fsp3) is 0.500. The number of hydrogen-bond acceptors (Lipinski definition) is 5. The van der Waals surface area contributed by atoms with Crippen LogP contribution >= 0.6 is 0 Å². The molecule has 1 amide bonds. The van der Waals surface area contributed by atoms with Crippen LogP contribution in [0.4, 0.5) is 4.79 Å². The molecule has 4 aliphatic carbocycles. The van der Waals surface area contributed by atoms with Gasteiger partial charge >= 0.3 is 12.1 Å². The van der Waals surface area contributed by atoms with E-state index in [-0.39, 0.29) is 6.10 Å². The smallest absolute Gasteiger partial charge is 0.408 e. The van der Waals surface area contributed by atoms with E-state index >= 15 is 0 Å². The molecule has 2 heterocycles. The molecule has 7 heteroatoms. The van der Waals surface area contributed by atoms with Gasteiger partial charge in [0, 0.05) is 16.3 Å². The van der Waals surface area contributed by atoms with Crippen molar-refractivity contribution < 1.29 is 19.1 Å². The Balaban J connectivity index is 1.29. The van der Waals surface area contributed by atoms with Gasteiger partial charge in [0.25, 0.3) is 0 Å². The number of amides is 1. The van der Waals surface area contributed by atoms with Crippen LogP contribution in [0.2, 0.25) is 0 Å². The summed E-state index contributed by atoms with van der Waals surface area (Å²) in [6.07, 6.45) is 6.99. The molecule has 4 saturated carbocycles. The van der Waals surface area contributed by atoms with Crippen LogP contribution in [0.15, 0.2) is 36.5 Å². The van der Waals surface area contributed by atoms with E-state index in [4.69, 9.17) is 9.47 Å². The van der Waals surface area contributed by atoms with Gasteiger partial charge in [-0.05, 0) is 74.8 Å². The van der Waals surface area contributed by atoms with Crippen molar-refractivity contribution in [1.82, 2.24) is 15.3 Å². The van der Waals surface area contributed by atoms with Gasteiger partial charge in [-0.1, -0.05) is 18.2 Å². The summed E-state index contributed by atoms with van der Waals surface area (Å²) in [6, 6.07) is 9.78. The monoisotopic (exact) mass is 447 g/mol. The molecule has 0 spiro atoms. The number of H-pyrrole nitrogens is 1. The zero-order valence-electron chi connectivity index (χ0n) is 19.0. The van der Waals surface area contributed by atoms with Crippen molar-refractivity contribution in [2.75, 3.05) is 7.11 Å². The maximum Gasteiger partial charge on any atom is 0.408 e. The number of hydrogen-bond donors (Lipinski definition) is 2. The zero-order chi connectivity index (χ0) is 22.7. The molecule has 7 rings (SSSR count). The Kier molecular flexibility index (Phi) is 4.64. The lowest BCUT2D eigenvalue weighted by Crippen LogP contribution is -2.54. The van der Waals surface area contributed by atoms with E-state index in [0.717, 1.165) is 59.3 Å². The third-order valence-electron chi connectivity index (χ3n) is 8.23. The number of alkyl carbamates (subject to hydrolysis) is 1. The van der Waals surface area contributed by atoms with Crippen molar-refractivity contribution in [3.05, 3.63) is 42.2 Å². The molecule has 0 aliphatic heterocycles. The minimum atomic E-state index is -1.47. The summed E-state index contributed by atoms with van der Waals surface area (Å²) >= 11 is 0. The van der Waals surface area contributed by atoms with Crippen LogP contribution in [0.3, 0.4) is 0 Å². The van der Waals surface area contributed by atoms with Gasteiger partial charge in [0.1, 0.15) is 6.10 Å². The number of nitrogens with zero attached hydrogens (tertiary/aromatic N) is 1. The number of fused-ring (bicyclic) bond motifs is 3. The number of aromatic nitrogens is 2. The standard InChI is InChI=1S/C26H29N3O4/c1-26(24(30)32-2,22-12-19-18-5-3-4-6-20(18)28-21(19)13-27-22)29-25(31)33-23-16-8-14-7-15(10-16)11-17(23)9-14/h3-6,12-17,23,28H,7-11H2,1-2H3,(H,29,31). The Hall–Kier alpha value is -3.09. The molecular weight excluding hydrogens is 418 g/mol. The molecule has 1 unspecified atom stereocenters. The Morgan fingerprint density at radius 2 is 1.73 bits per heavy atom. The highest BCUT2D eigenvalue weighted by atomic mass is 16.6.